The smallest absolute Gasteiger partial charge is 0.403 e. The number of aryl methyl sites for hydroxylation is 1. The van der Waals surface area contributed by atoms with E-state index in [1.807, 2.05) is 30.3 Å². The van der Waals surface area contributed by atoms with E-state index in [0.717, 1.165) is 34.6 Å². The molecule has 23 heavy (non-hydrogen) atoms. The maximum absolute atomic E-state index is 9.56. The number of hydrogen-bond donors (Lipinski definition) is 0. The summed E-state index contributed by atoms with van der Waals surface area (Å²) in [5.74, 6) is 0. The Labute approximate surface area is 138 Å². The fraction of sp³-hybridized carbons (Fsp3) is 0.421. The van der Waals surface area contributed by atoms with E-state index < -0.39 is 0 Å². The number of benzene rings is 2. The van der Waals surface area contributed by atoms with Gasteiger partial charge in [0, 0.05) is 0 Å². The van der Waals surface area contributed by atoms with E-state index in [2.05, 4.69) is 39.8 Å². The molecule has 0 bridgehead atoms. The quantitative estimate of drug-likeness (QED) is 0.792. The number of hydrogen-bond acceptors (Lipinski definition) is 3. The molecule has 1 saturated heterocycles. The van der Waals surface area contributed by atoms with Gasteiger partial charge in [0.15, 0.2) is 0 Å². The van der Waals surface area contributed by atoms with Crippen LogP contribution in [0.25, 0.3) is 10.8 Å². The van der Waals surface area contributed by atoms with E-state index in [1.165, 1.54) is 0 Å². The highest BCUT2D eigenvalue weighted by Crippen LogP contribution is 2.38. The Balaban J connectivity index is 1.80. The van der Waals surface area contributed by atoms with E-state index in [0.29, 0.717) is 0 Å². The highest BCUT2D eigenvalue weighted by atomic mass is 16.7. The van der Waals surface area contributed by atoms with Gasteiger partial charge in [-0.25, -0.2) is 0 Å². The molecule has 4 heteroatoms. The van der Waals surface area contributed by atoms with Crippen molar-refractivity contribution in [2.24, 2.45) is 0 Å². The van der Waals surface area contributed by atoms with Gasteiger partial charge in [0.1, 0.15) is 6.07 Å². The van der Waals surface area contributed by atoms with Crippen LogP contribution in [0.3, 0.4) is 0 Å². The van der Waals surface area contributed by atoms with E-state index in [9.17, 15) is 5.26 Å². The van der Waals surface area contributed by atoms with Crippen molar-refractivity contribution in [3.05, 3.63) is 47.5 Å². The molecule has 118 valence electrons. The van der Waals surface area contributed by atoms with Crippen LogP contribution in [0, 0.1) is 11.3 Å². The molecular weight excluding hydrogens is 285 g/mol. The zero-order valence-corrected chi connectivity index (χ0v) is 14.2. The van der Waals surface area contributed by atoms with Crippen LogP contribution >= 0.6 is 0 Å². The lowest BCUT2D eigenvalue weighted by atomic mass is 9.80. The molecule has 0 radical (unpaired) electrons. The molecule has 0 N–H and O–H groups in total. The first-order chi connectivity index (χ1) is 10.8. The van der Waals surface area contributed by atoms with E-state index in [-0.39, 0.29) is 18.3 Å². The fourth-order valence-corrected chi connectivity index (χ4v) is 3.01. The maximum Gasteiger partial charge on any atom is 0.458 e. The summed E-state index contributed by atoms with van der Waals surface area (Å²) < 4.78 is 12.1. The van der Waals surface area contributed by atoms with Gasteiger partial charge in [-0.15, -0.1) is 0 Å². The minimum absolute atomic E-state index is 0.224. The Morgan fingerprint density at radius 2 is 1.65 bits per heavy atom. The summed E-state index contributed by atoms with van der Waals surface area (Å²) in [7, 11) is -0.224. The summed E-state index contributed by atoms with van der Waals surface area (Å²) in [4.78, 5) is 0. The Kier molecular flexibility index (Phi) is 3.95. The summed E-state index contributed by atoms with van der Waals surface area (Å²) in [6.45, 7) is 8.24. The highest BCUT2D eigenvalue weighted by Gasteiger charge is 2.50. The SMILES string of the molecule is CC1(C)OB(CCc2ccc3ccccc3c2C#N)OC1(C)C. The number of nitrogens with zero attached hydrogens (tertiary/aromatic N) is 1. The second-order valence-corrected chi connectivity index (χ2v) is 7.16. The van der Waals surface area contributed by atoms with Crippen LogP contribution in [0.5, 0.6) is 0 Å². The average Bonchev–Trinajstić information content (AvgIpc) is 2.72. The third kappa shape index (κ3) is 2.87. The van der Waals surface area contributed by atoms with Crippen molar-refractivity contribution in [2.45, 2.75) is 51.6 Å². The number of nitriles is 1. The third-order valence-electron chi connectivity index (χ3n) is 5.08. The lowest BCUT2D eigenvalue weighted by Crippen LogP contribution is -2.41. The van der Waals surface area contributed by atoms with E-state index in [4.69, 9.17) is 9.31 Å². The van der Waals surface area contributed by atoms with Crippen LogP contribution in [0.15, 0.2) is 36.4 Å². The molecule has 1 aliphatic rings. The van der Waals surface area contributed by atoms with Gasteiger partial charge in [0.25, 0.3) is 0 Å². The molecule has 3 nitrogen and oxygen atoms in total. The van der Waals surface area contributed by atoms with Gasteiger partial charge >= 0.3 is 7.12 Å². The summed E-state index contributed by atoms with van der Waals surface area (Å²) in [6, 6.07) is 14.5. The zero-order valence-electron chi connectivity index (χ0n) is 14.2. The van der Waals surface area contributed by atoms with Crippen molar-refractivity contribution < 1.29 is 9.31 Å². The third-order valence-corrected chi connectivity index (χ3v) is 5.08. The van der Waals surface area contributed by atoms with E-state index >= 15 is 0 Å². The maximum atomic E-state index is 9.56. The van der Waals surface area contributed by atoms with Gasteiger partial charge in [-0.05, 0) is 56.8 Å². The van der Waals surface area contributed by atoms with Crippen LogP contribution in [0.4, 0.5) is 0 Å². The second kappa shape index (κ2) is 5.67. The van der Waals surface area contributed by atoms with Gasteiger partial charge < -0.3 is 9.31 Å². The average molecular weight is 307 g/mol. The Morgan fingerprint density at radius 3 is 2.30 bits per heavy atom. The van der Waals surface area contributed by atoms with Crippen LogP contribution in [-0.2, 0) is 15.7 Å². The second-order valence-electron chi connectivity index (χ2n) is 7.16. The van der Waals surface area contributed by atoms with E-state index in [1.54, 1.807) is 0 Å². The highest BCUT2D eigenvalue weighted by molar-refractivity contribution is 6.45. The lowest BCUT2D eigenvalue weighted by molar-refractivity contribution is 0.00578. The normalized spacial score (nSPS) is 19.0. The molecule has 0 aliphatic carbocycles. The predicted molar refractivity (Wildman–Crippen MR) is 93.3 cm³/mol. The summed E-state index contributed by atoms with van der Waals surface area (Å²) in [6.07, 6.45) is 1.52. The minimum Gasteiger partial charge on any atom is -0.403 e. The van der Waals surface area contributed by atoms with Crippen molar-refractivity contribution in [1.82, 2.24) is 0 Å². The topological polar surface area (TPSA) is 42.2 Å². The minimum atomic E-state index is -0.306. The lowest BCUT2D eigenvalue weighted by Gasteiger charge is -2.32. The van der Waals surface area contributed by atoms with Gasteiger partial charge in [0.2, 0.25) is 0 Å². The van der Waals surface area contributed by atoms with Crippen LogP contribution in [-0.4, -0.2) is 18.3 Å². The molecule has 0 saturated carbocycles. The molecule has 0 spiro atoms. The first-order valence-corrected chi connectivity index (χ1v) is 8.10. The van der Waals surface area contributed by atoms with Crippen molar-refractivity contribution in [2.75, 3.05) is 0 Å². The van der Waals surface area contributed by atoms with Crippen LogP contribution < -0.4 is 0 Å². The molecule has 1 fully saturated rings. The van der Waals surface area contributed by atoms with Crippen molar-refractivity contribution in [3.8, 4) is 6.07 Å². The number of fused-ring (bicyclic) bond motifs is 1. The van der Waals surface area contributed by atoms with Gasteiger partial charge in [-0.1, -0.05) is 36.4 Å². The van der Waals surface area contributed by atoms with Gasteiger partial charge in [-0.2, -0.15) is 5.26 Å². The first kappa shape index (κ1) is 16.0. The van der Waals surface area contributed by atoms with Crippen molar-refractivity contribution >= 4 is 17.9 Å². The standard InChI is InChI=1S/C19H22BNO2/c1-18(2)19(3,4)23-20(22-18)12-11-15-10-9-14-7-5-6-8-16(14)17(15)13-21/h5-10H,11-12H2,1-4H3. The fourth-order valence-electron chi connectivity index (χ4n) is 3.01. The molecule has 1 aliphatic heterocycles. The Hall–Kier alpha value is -1.83. The van der Waals surface area contributed by atoms with Crippen LogP contribution in [0.2, 0.25) is 6.32 Å². The van der Waals surface area contributed by atoms with Crippen LogP contribution in [0.1, 0.15) is 38.8 Å². The predicted octanol–water partition coefficient (Wildman–Crippen LogP) is 4.35. The summed E-state index contributed by atoms with van der Waals surface area (Å²) in [5.41, 5.74) is 1.21. The summed E-state index contributed by atoms with van der Waals surface area (Å²) in [5, 5.41) is 11.7. The molecule has 0 unspecified atom stereocenters. The molecular formula is C19H22BNO2. The number of rotatable bonds is 3. The first-order valence-electron chi connectivity index (χ1n) is 8.10. The molecule has 2 aromatic carbocycles. The Morgan fingerprint density at radius 1 is 1.00 bits per heavy atom. The molecule has 2 aromatic rings. The molecule has 0 atom stereocenters. The largest absolute Gasteiger partial charge is 0.458 e. The molecule has 1 heterocycles. The molecule has 0 aromatic heterocycles. The van der Waals surface area contributed by atoms with Crippen molar-refractivity contribution in [3.63, 3.8) is 0 Å². The van der Waals surface area contributed by atoms with Gasteiger partial charge in [0.05, 0.1) is 16.8 Å². The molecule has 3 rings (SSSR count). The monoisotopic (exact) mass is 307 g/mol. The summed E-state index contributed by atoms with van der Waals surface area (Å²) >= 11 is 0. The van der Waals surface area contributed by atoms with Crippen molar-refractivity contribution in [1.29, 1.82) is 5.26 Å². The Bertz CT molecular complexity index is 761. The molecule has 0 amide bonds. The zero-order chi connectivity index (χ0) is 16.7. The van der Waals surface area contributed by atoms with Gasteiger partial charge in [-0.3, -0.25) is 0 Å².